The molecule has 0 radical (unpaired) electrons. The molecule has 2 N–H and O–H groups in total. The summed E-state index contributed by atoms with van der Waals surface area (Å²) in [5, 5.41) is 5.82. The monoisotopic (exact) mass is 276 g/mol. The van der Waals surface area contributed by atoms with Crippen molar-refractivity contribution in [3.05, 3.63) is 47.3 Å². The van der Waals surface area contributed by atoms with Gasteiger partial charge in [-0.1, -0.05) is 49.0 Å². The Kier molecular flexibility index (Phi) is 4.27. The molecule has 0 saturated carbocycles. The summed E-state index contributed by atoms with van der Waals surface area (Å²) >= 11 is 1.28. The number of benzene rings is 1. The second-order valence-corrected chi connectivity index (χ2v) is 5.46. The van der Waals surface area contributed by atoms with E-state index in [0.29, 0.717) is 11.4 Å². The summed E-state index contributed by atoms with van der Waals surface area (Å²) in [4.78, 5) is 23.3. The molecule has 0 spiro atoms. The van der Waals surface area contributed by atoms with E-state index in [4.69, 9.17) is 0 Å². The maximum Gasteiger partial charge on any atom is 0.256 e. The molecule has 0 fully saturated rings. The number of carbonyl (C=O) groups is 2. The van der Waals surface area contributed by atoms with E-state index in [9.17, 15) is 9.59 Å². The van der Waals surface area contributed by atoms with Gasteiger partial charge in [0.15, 0.2) is 0 Å². The Bertz CT molecular complexity index is 526. The zero-order valence-corrected chi connectivity index (χ0v) is 11.7. The van der Waals surface area contributed by atoms with Crippen LogP contribution < -0.4 is 10.6 Å². The van der Waals surface area contributed by atoms with E-state index in [-0.39, 0.29) is 11.0 Å². The molecule has 0 saturated heterocycles. The molecule has 5 heteroatoms. The molecule has 2 rings (SSSR count). The molecule has 1 amide bonds. The molecule has 19 heavy (non-hydrogen) atoms. The number of thioether (sulfide) groups is 1. The average molecular weight is 276 g/mol. The van der Waals surface area contributed by atoms with Gasteiger partial charge >= 0.3 is 0 Å². The smallest absolute Gasteiger partial charge is 0.256 e. The molecule has 0 aliphatic carbocycles. The average Bonchev–Trinajstić information content (AvgIpc) is 2.44. The van der Waals surface area contributed by atoms with Crippen LogP contribution in [0.25, 0.3) is 0 Å². The van der Waals surface area contributed by atoms with Gasteiger partial charge < -0.3 is 10.6 Å². The second-order valence-electron chi connectivity index (χ2n) is 4.19. The summed E-state index contributed by atoms with van der Waals surface area (Å²) in [6.45, 7) is 3.68. The fourth-order valence-corrected chi connectivity index (χ4v) is 2.44. The minimum atomic E-state index is -0.434. The molecule has 1 aliphatic heterocycles. The molecular formula is C14H16N2O2S. The van der Waals surface area contributed by atoms with E-state index in [1.54, 1.807) is 6.92 Å². The third-order valence-electron chi connectivity index (χ3n) is 2.90. The molecule has 0 aromatic heterocycles. The van der Waals surface area contributed by atoms with Crippen molar-refractivity contribution >= 4 is 22.8 Å². The van der Waals surface area contributed by atoms with Crippen molar-refractivity contribution in [2.45, 2.75) is 19.9 Å². The quantitative estimate of drug-likeness (QED) is 0.863. The highest BCUT2D eigenvalue weighted by molar-refractivity contribution is 8.13. The SMILES string of the molecule is CCSC(=O)[C@H](NC1=C(C)C(=O)N1)c1ccccc1. The summed E-state index contributed by atoms with van der Waals surface area (Å²) < 4.78 is 0. The zero-order chi connectivity index (χ0) is 13.8. The van der Waals surface area contributed by atoms with E-state index in [0.717, 1.165) is 11.3 Å². The van der Waals surface area contributed by atoms with Crippen LogP contribution in [-0.2, 0) is 9.59 Å². The van der Waals surface area contributed by atoms with E-state index in [1.165, 1.54) is 11.8 Å². The largest absolute Gasteiger partial charge is 0.357 e. The van der Waals surface area contributed by atoms with Gasteiger partial charge in [-0.15, -0.1) is 0 Å². The van der Waals surface area contributed by atoms with Crippen LogP contribution in [0.4, 0.5) is 0 Å². The first-order chi connectivity index (χ1) is 9.13. The van der Waals surface area contributed by atoms with Crippen LogP contribution in [0, 0.1) is 0 Å². The molecule has 1 atom stereocenters. The van der Waals surface area contributed by atoms with Gasteiger partial charge in [-0.2, -0.15) is 0 Å². The van der Waals surface area contributed by atoms with Gasteiger partial charge in [-0.3, -0.25) is 9.59 Å². The number of hydrogen-bond acceptors (Lipinski definition) is 4. The number of carbonyl (C=O) groups excluding carboxylic acids is 2. The molecule has 4 nitrogen and oxygen atoms in total. The van der Waals surface area contributed by atoms with Crippen LogP contribution in [0.5, 0.6) is 0 Å². The van der Waals surface area contributed by atoms with Crippen molar-refractivity contribution in [2.75, 3.05) is 5.75 Å². The maximum absolute atomic E-state index is 12.2. The molecule has 0 bridgehead atoms. The van der Waals surface area contributed by atoms with Gasteiger partial charge in [0.2, 0.25) is 5.12 Å². The third-order valence-corrected chi connectivity index (χ3v) is 3.71. The molecule has 1 aliphatic rings. The highest BCUT2D eigenvalue weighted by Gasteiger charge is 2.28. The summed E-state index contributed by atoms with van der Waals surface area (Å²) in [5.74, 6) is 1.28. The van der Waals surface area contributed by atoms with Crippen molar-refractivity contribution in [3.63, 3.8) is 0 Å². The van der Waals surface area contributed by atoms with E-state index in [2.05, 4.69) is 10.6 Å². The Morgan fingerprint density at radius 1 is 1.37 bits per heavy atom. The van der Waals surface area contributed by atoms with Crippen LogP contribution in [0.15, 0.2) is 41.7 Å². The maximum atomic E-state index is 12.2. The van der Waals surface area contributed by atoms with Crippen LogP contribution in [-0.4, -0.2) is 16.8 Å². The standard InChI is InChI=1S/C14H16N2O2S/c1-3-19-14(18)11(10-7-5-4-6-8-10)15-12-9(2)13(17)16-12/h4-8,11H,3H2,1-2H3,(H2,15,16,17)/t11-/m1/s1. The van der Waals surface area contributed by atoms with E-state index >= 15 is 0 Å². The first kappa shape index (κ1) is 13.7. The highest BCUT2D eigenvalue weighted by atomic mass is 32.2. The minimum absolute atomic E-state index is 0.0511. The fourth-order valence-electron chi connectivity index (χ4n) is 1.79. The Morgan fingerprint density at radius 2 is 2.05 bits per heavy atom. The zero-order valence-electron chi connectivity index (χ0n) is 10.9. The fraction of sp³-hybridized carbons (Fsp3) is 0.286. The predicted molar refractivity (Wildman–Crippen MR) is 76.3 cm³/mol. The summed E-state index contributed by atoms with van der Waals surface area (Å²) in [5.41, 5.74) is 1.53. The van der Waals surface area contributed by atoms with E-state index < -0.39 is 6.04 Å². The first-order valence-electron chi connectivity index (χ1n) is 6.13. The number of hydrogen-bond donors (Lipinski definition) is 2. The molecule has 1 heterocycles. The highest BCUT2D eigenvalue weighted by Crippen LogP contribution is 2.23. The van der Waals surface area contributed by atoms with Crippen LogP contribution in [0.3, 0.4) is 0 Å². The molecule has 1 aromatic rings. The van der Waals surface area contributed by atoms with Gasteiger partial charge in [-0.05, 0) is 18.2 Å². The van der Waals surface area contributed by atoms with Crippen molar-refractivity contribution < 1.29 is 9.59 Å². The minimum Gasteiger partial charge on any atom is -0.357 e. The Balaban J connectivity index is 2.21. The Hall–Kier alpha value is -1.75. The van der Waals surface area contributed by atoms with Gasteiger partial charge in [0.25, 0.3) is 5.91 Å². The molecule has 1 aromatic carbocycles. The Morgan fingerprint density at radius 3 is 2.58 bits per heavy atom. The lowest BCUT2D eigenvalue weighted by Gasteiger charge is -2.27. The Labute approximate surface area is 116 Å². The lowest BCUT2D eigenvalue weighted by Crippen LogP contribution is -2.45. The van der Waals surface area contributed by atoms with Gasteiger partial charge in [0, 0.05) is 0 Å². The van der Waals surface area contributed by atoms with Crippen molar-refractivity contribution in [2.24, 2.45) is 0 Å². The van der Waals surface area contributed by atoms with Crippen LogP contribution >= 0.6 is 11.8 Å². The van der Waals surface area contributed by atoms with Crippen molar-refractivity contribution in [3.8, 4) is 0 Å². The molecular weight excluding hydrogens is 260 g/mol. The van der Waals surface area contributed by atoms with Crippen molar-refractivity contribution in [1.29, 1.82) is 0 Å². The topological polar surface area (TPSA) is 58.2 Å². The molecule has 0 unspecified atom stereocenters. The first-order valence-corrected chi connectivity index (χ1v) is 7.12. The third kappa shape index (κ3) is 2.98. The van der Waals surface area contributed by atoms with Crippen molar-refractivity contribution in [1.82, 2.24) is 10.6 Å². The number of amides is 1. The summed E-state index contributed by atoms with van der Waals surface area (Å²) in [6.07, 6.45) is 0. The van der Waals surface area contributed by atoms with E-state index in [1.807, 2.05) is 37.3 Å². The second kappa shape index (κ2) is 5.93. The lowest BCUT2D eigenvalue weighted by atomic mass is 10.1. The van der Waals surface area contributed by atoms with Gasteiger partial charge in [0.1, 0.15) is 11.9 Å². The van der Waals surface area contributed by atoms with Gasteiger partial charge in [-0.25, -0.2) is 0 Å². The van der Waals surface area contributed by atoms with Crippen LogP contribution in [0.1, 0.15) is 25.5 Å². The summed E-state index contributed by atoms with van der Waals surface area (Å²) in [6, 6.07) is 9.08. The molecule has 100 valence electrons. The van der Waals surface area contributed by atoms with Crippen LogP contribution in [0.2, 0.25) is 0 Å². The summed E-state index contributed by atoms with van der Waals surface area (Å²) in [7, 11) is 0. The normalized spacial score (nSPS) is 15.6. The number of nitrogens with one attached hydrogen (secondary N) is 2. The predicted octanol–water partition coefficient (Wildman–Crippen LogP) is 1.96. The van der Waals surface area contributed by atoms with Gasteiger partial charge in [0.05, 0.1) is 5.57 Å². The number of rotatable bonds is 5. The lowest BCUT2D eigenvalue weighted by molar-refractivity contribution is -0.119.